The van der Waals surface area contributed by atoms with E-state index in [2.05, 4.69) is 12.2 Å². The lowest BCUT2D eigenvalue weighted by Gasteiger charge is -2.32. The third-order valence-corrected chi connectivity index (χ3v) is 8.27. The van der Waals surface area contributed by atoms with Crippen molar-refractivity contribution in [3.05, 3.63) is 30.1 Å². The number of nitrogens with zero attached hydrogens (tertiary/aromatic N) is 1. The van der Waals surface area contributed by atoms with Gasteiger partial charge in [-0.05, 0) is 50.7 Å². The van der Waals surface area contributed by atoms with Gasteiger partial charge < -0.3 is 10.1 Å². The normalized spacial score (nSPS) is 24.4. The Morgan fingerprint density at radius 2 is 1.77 bits per heavy atom. The Hall–Kier alpha value is -2.00. The molecule has 31 heavy (non-hydrogen) atoms. The Kier molecular flexibility index (Phi) is 7.69. The minimum atomic E-state index is -3.96. The van der Waals surface area contributed by atoms with Crippen LogP contribution in [0.4, 0.5) is 4.39 Å². The van der Waals surface area contributed by atoms with Gasteiger partial charge in [0, 0.05) is 19.1 Å². The maximum absolute atomic E-state index is 13.9. The first-order chi connectivity index (χ1) is 14.7. The molecule has 2 fully saturated rings. The topological polar surface area (TPSA) is 92.8 Å². The fourth-order valence-corrected chi connectivity index (χ4v) is 5.81. The molecule has 1 amide bonds. The first-order valence-electron chi connectivity index (χ1n) is 11.0. The van der Waals surface area contributed by atoms with Gasteiger partial charge in [-0.3, -0.25) is 9.59 Å². The Bertz CT molecular complexity index is 899. The summed E-state index contributed by atoms with van der Waals surface area (Å²) in [6, 6.07) is 5.36. The molecule has 172 valence electrons. The summed E-state index contributed by atoms with van der Waals surface area (Å²) in [6.07, 6.45) is 3.89. The predicted octanol–water partition coefficient (Wildman–Crippen LogP) is 2.85. The van der Waals surface area contributed by atoms with Gasteiger partial charge in [0.05, 0.1) is 5.92 Å². The molecule has 1 aromatic rings. The Morgan fingerprint density at radius 3 is 2.42 bits per heavy atom. The van der Waals surface area contributed by atoms with Crippen LogP contribution in [0.25, 0.3) is 0 Å². The molecule has 1 saturated carbocycles. The van der Waals surface area contributed by atoms with E-state index in [0.717, 1.165) is 25.3 Å². The Morgan fingerprint density at radius 1 is 1.13 bits per heavy atom. The van der Waals surface area contributed by atoms with Crippen LogP contribution in [-0.2, 0) is 24.3 Å². The highest BCUT2D eigenvalue weighted by Gasteiger charge is 2.35. The van der Waals surface area contributed by atoms with E-state index >= 15 is 0 Å². The van der Waals surface area contributed by atoms with Gasteiger partial charge in [-0.1, -0.05) is 31.9 Å². The largest absolute Gasteiger partial charge is 0.452 e. The van der Waals surface area contributed by atoms with Crippen molar-refractivity contribution in [1.29, 1.82) is 0 Å². The number of ether oxygens (including phenoxy) is 1. The summed E-state index contributed by atoms with van der Waals surface area (Å²) < 4.78 is 45.9. The first-order valence-corrected chi connectivity index (χ1v) is 12.4. The molecule has 1 aliphatic heterocycles. The molecule has 0 bridgehead atoms. The van der Waals surface area contributed by atoms with Crippen LogP contribution >= 0.6 is 0 Å². The number of carbonyl (C=O) groups is 2. The molecule has 1 saturated heterocycles. The van der Waals surface area contributed by atoms with Crippen molar-refractivity contribution in [2.75, 3.05) is 13.1 Å². The van der Waals surface area contributed by atoms with Crippen LogP contribution in [0, 0.1) is 17.7 Å². The van der Waals surface area contributed by atoms with E-state index in [4.69, 9.17) is 4.74 Å². The Balaban J connectivity index is 1.50. The maximum atomic E-state index is 13.9. The monoisotopic (exact) mass is 454 g/mol. The molecule has 1 aromatic carbocycles. The lowest BCUT2D eigenvalue weighted by Crippen LogP contribution is -2.47. The third-order valence-electron chi connectivity index (χ3n) is 6.34. The zero-order valence-electron chi connectivity index (χ0n) is 18.1. The van der Waals surface area contributed by atoms with E-state index in [1.54, 1.807) is 6.92 Å². The molecule has 1 N–H and O–H groups in total. The predicted molar refractivity (Wildman–Crippen MR) is 113 cm³/mol. The van der Waals surface area contributed by atoms with Gasteiger partial charge in [-0.2, -0.15) is 4.31 Å². The van der Waals surface area contributed by atoms with Crippen LogP contribution in [0.2, 0.25) is 0 Å². The lowest BCUT2D eigenvalue weighted by atomic mass is 9.86. The van der Waals surface area contributed by atoms with E-state index in [9.17, 15) is 22.4 Å². The van der Waals surface area contributed by atoms with Crippen LogP contribution < -0.4 is 5.32 Å². The zero-order valence-corrected chi connectivity index (χ0v) is 18.9. The molecular formula is C22H31FN2O5S. The highest BCUT2D eigenvalue weighted by molar-refractivity contribution is 7.89. The lowest BCUT2D eigenvalue weighted by molar-refractivity contribution is -0.160. The summed E-state index contributed by atoms with van der Waals surface area (Å²) in [7, 11) is -3.96. The van der Waals surface area contributed by atoms with Crippen molar-refractivity contribution < 1.29 is 27.1 Å². The fourth-order valence-electron chi connectivity index (χ4n) is 4.28. The fraction of sp³-hybridized carbons (Fsp3) is 0.636. The zero-order chi connectivity index (χ0) is 22.6. The van der Waals surface area contributed by atoms with Crippen LogP contribution in [0.3, 0.4) is 0 Å². The van der Waals surface area contributed by atoms with Crippen LogP contribution in [0.1, 0.15) is 52.4 Å². The number of amides is 1. The maximum Gasteiger partial charge on any atom is 0.309 e. The Labute approximate surface area is 183 Å². The number of hydrogen-bond acceptors (Lipinski definition) is 5. The molecular weight excluding hydrogens is 423 g/mol. The van der Waals surface area contributed by atoms with Crippen molar-refractivity contribution in [2.45, 2.75) is 69.4 Å². The summed E-state index contributed by atoms with van der Waals surface area (Å²) in [5, 5.41) is 2.99. The minimum Gasteiger partial charge on any atom is -0.452 e. The quantitative estimate of drug-likeness (QED) is 0.668. The van der Waals surface area contributed by atoms with Gasteiger partial charge >= 0.3 is 5.97 Å². The number of rotatable bonds is 6. The second-order valence-electron chi connectivity index (χ2n) is 8.56. The van der Waals surface area contributed by atoms with Gasteiger partial charge in [0.2, 0.25) is 10.0 Å². The van der Waals surface area contributed by atoms with Gasteiger partial charge in [-0.25, -0.2) is 12.8 Å². The van der Waals surface area contributed by atoms with Crippen molar-refractivity contribution in [1.82, 2.24) is 9.62 Å². The molecule has 7 nitrogen and oxygen atoms in total. The molecule has 1 aliphatic carbocycles. The van der Waals surface area contributed by atoms with Crippen molar-refractivity contribution in [2.24, 2.45) is 11.8 Å². The van der Waals surface area contributed by atoms with Gasteiger partial charge in [0.1, 0.15) is 10.7 Å². The molecule has 0 spiro atoms. The van der Waals surface area contributed by atoms with Crippen LogP contribution in [0.5, 0.6) is 0 Å². The molecule has 3 atom stereocenters. The highest BCUT2D eigenvalue weighted by atomic mass is 32.2. The summed E-state index contributed by atoms with van der Waals surface area (Å²) in [5.41, 5.74) is 0. The number of nitrogens with one attached hydrogen (secondary N) is 1. The molecule has 0 radical (unpaired) electrons. The summed E-state index contributed by atoms with van der Waals surface area (Å²) in [4.78, 5) is 24.6. The number of esters is 1. The van der Waals surface area contributed by atoms with Crippen molar-refractivity contribution in [3.8, 4) is 0 Å². The molecule has 0 aromatic heterocycles. The van der Waals surface area contributed by atoms with Crippen molar-refractivity contribution >= 4 is 21.9 Å². The van der Waals surface area contributed by atoms with E-state index in [1.165, 1.54) is 28.9 Å². The molecule has 9 heteroatoms. The van der Waals surface area contributed by atoms with Gasteiger partial charge in [-0.15, -0.1) is 0 Å². The molecule has 2 aliphatic rings. The molecule has 3 rings (SSSR count). The minimum absolute atomic E-state index is 0.0938. The van der Waals surface area contributed by atoms with Crippen LogP contribution in [0.15, 0.2) is 29.2 Å². The SMILES string of the molecule is CC(OC(=O)C1CCN(S(=O)(=O)c2ccccc2F)CC1)C(=O)NC1CCCCC1C. The average molecular weight is 455 g/mol. The second kappa shape index (κ2) is 10.1. The van der Waals surface area contributed by atoms with E-state index in [1.807, 2.05) is 0 Å². The smallest absolute Gasteiger partial charge is 0.309 e. The average Bonchev–Trinajstić information content (AvgIpc) is 2.75. The number of hydrogen-bond donors (Lipinski definition) is 1. The summed E-state index contributed by atoms with van der Waals surface area (Å²) >= 11 is 0. The third kappa shape index (κ3) is 5.63. The van der Waals surface area contributed by atoms with E-state index in [-0.39, 0.29) is 42.8 Å². The number of sulfonamides is 1. The number of carbonyl (C=O) groups excluding carboxylic acids is 2. The van der Waals surface area contributed by atoms with Gasteiger partial charge in [0.15, 0.2) is 6.10 Å². The number of piperidine rings is 1. The highest BCUT2D eigenvalue weighted by Crippen LogP contribution is 2.27. The van der Waals surface area contributed by atoms with Crippen LogP contribution in [-0.4, -0.2) is 49.8 Å². The number of benzene rings is 1. The van der Waals surface area contributed by atoms with Crippen molar-refractivity contribution in [3.63, 3.8) is 0 Å². The van der Waals surface area contributed by atoms with E-state index < -0.39 is 33.8 Å². The summed E-state index contributed by atoms with van der Waals surface area (Å²) in [5.74, 6) is -1.68. The molecule has 3 unspecified atom stereocenters. The summed E-state index contributed by atoms with van der Waals surface area (Å²) in [6.45, 7) is 3.86. The standard InChI is InChI=1S/C22H31FN2O5S/c1-15-7-3-5-9-19(15)24-21(26)16(2)30-22(27)17-11-13-25(14-12-17)31(28,29)20-10-6-4-8-18(20)23/h4,6,8,10,15-17,19H,3,5,7,9,11-14H2,1-2H3,(H,24,26). The second-order valence-corrected chi connectivity index (χ2v) is 10.5. The van der Waals surface area contributed by atoms with Gasteiger partial charge in [0.25, 0.3) is 5.91 Å². The first kappa shape index (κ1) is 23.7. The number of halogens is 1. The molecule has 1 heterocycles. The van der Waals surface area contributed by atoms with E-state index in [0.29, 0.717) is 5.92 Å².